The molecule has 20 heavy (non-hydrogen) atoms. The van der Waals surface area contributed by atoms with Gasteiger partial charge in [0.15, 0.2) is 0 Å². The van der Waals surface area contributed by atoms with Crippen LogP contribution in [0.4, 0.5) is 4.39 Å². The molecule has 0 unspecified atom stereocenters. The first-order valence-electron chi connectivity index (χ1n) is 5.67. The number of rotatable bonds is 3. The van der Waals surface area contributed by atoms with E-state index >= 15 is 0 Å². The van der Waals surface area contributed by atoms with Crippen LogP contribution in [0.15, 0.2) is 47.6 Å². The summed E-state index contributed by atoms with van der Waals surface area (Å²) in [7, 11) is 0. The van der Waals surface area contributed by atoms with Gasteiger partial charge >= 0.3 is 0 Å². The summed E-state index contributed by atoms with van der Waals surface area (Å²) in [4.78, 5) is 11.6. The molecule has 0 spiro atoms. The Labute approximate surface area is 114 Å². The molecule has 2 aromatic rings. The van der Waals surface area contributed by atoms with Crippen LogP contribution in [-0.4, -0.2) is 22.3 Å². The van der Waals surface area contributed by atoms with Crippen molar-refractivity contribution >= 4 is 12.1 Å². The van der Waals surface area contributed by atoms with Gasteiger partial charge in [0.25, 0.3) is 5.91 Å². The van der Waals surface area contributed by atoms with Crippen LogP contribution < -0.4 is 5.43 Å². The maximum atomic E-state index is 12.7. The Balaban J connectivity index is 2.04. The second-order valence-electron chi connectivity index (χ2n) is 3.95. The van der Waals surface area contributed by atoms with Crippen LogP contribution in [0, 0.1) is 5.82 Å². The zero-order valence-electron chi connectivity index (χ0n) is 10.2. The van der Waals surface area contributed by atoms with Crippen LogP contribution in [0.2, 0.25) is 0 Å². The molecular formula is C14H11FN2O3. The number of aromatic hydroxyl groups is 2. The first-order valence-corrected chi connectivity index (χ1v) is 5.67. The first kappa shape index (κ1) is 13.5. The molecule has 0 bridgehead atoms. The molecule has 3 N–H and O–H groups in total. The molecule has 0 saturated carbocycles. The Morgan fingerprint density at radius 1 is 1.15 bits per heavy atom. The van der Waals surface area contributed by atoms with Gasteiger partial charge in [0.1, 0.15) is 17.3 Å². The second-order valence-corrected chi connectivity index (χ2v) is 3.95. The molecule has 2 rings (SSSR count). The van der Waals surface area contributed by atoms with Crippen LogP contribution in [0.3, 0.4) is 0 Å². The van der Waals surface area contributed by atoms with E-state index in [1.807, 2.05) is 0 Å². The monoisotopic (exact) mass is 274 g/mol. The Kier molecular flexibility index (Phi) is 3.95. The molecule has 1 amide bonds. The van der Waals surface area contributed by atoms with Gasteiger partial charge in [-0.25, -0.2) is 9.82 Å². The number of halogens is 1. The highest BCUT2D eigenvalue weighted by molar-refractivity contribution is 5.95. The Morgan fingerprint density at radius 2 is 1.85 bits per heavy atom. The van der Waals surface area contributed by atoms with E-state index in [1.54, 1.807) is 0 Å². The van der Waals surface area contributed by atoms with Crippen molar-refractivity contribution in [3.05, 3.63) is 59.4 Å². The van der Waals surface area contributed by atoms with Crippen LogP contribution in [-0.2, 0) is 0 Å². The first-order chi connectivity index (χ1) is 9.56. The minimum Gasteiger partial charge on any atom is -0.508 e. The summed E-state index contributed by atoms with van der Waals surface area (Å²) in [6.45, 7) is 0. The Bertz CT molecular complexity index is 654. The molecular weight excluding hydrogens is 263 g/mol. The number of amides is 1. The summed E-state index contributed by atoms with van der Waals surface area (Å²) in [6, 6.07) is 8.91. The molecule has 0 radical (unpaired) electrons. The lowest BCUT2D eigenvalue weighted by molar-refractivity contribution is 0.0955. The number of phenols is 2. The van der Waals surface area contributed by atoms with Crippen molar-refractivity contribution in [2.75, 3.05) is 0 Å². The topological polar surface area (TPSA) is 81.9 Å². The van der Waals surface area contributed by atoms with Crippen molar-refractivity contribution in [2.45, 2.75) is 0 Å². The van der Waals surface area contributed by atoms with Crippen LogP contribution in [0.5, 0.6) is 11.5 Å². The van der Waals surface area contributed by atoms with Gasteiger partial charge < -0.3 is 10.2 Å². The summed E-state index contributed by atoms with van der Waals surface area (Å²) in [5.41, 5.74) is 2.74. The third-order valence-corrected chi connectivity index (χ3v) is 2.49. The molecule has 0 fully saturated rings. The smallest absolute Gasteiger partial charge is 0.271 e. The lowest BCUT2D eigenvalue weighted by Crippen LogP contribution is -2.17. The summed E-state index contributed by atoms with van der Waals surface area (Å²) in [6.07, 6.45) is 1.19. The molecule has 0 aliphatic carbocycles. The predicted octanol–water partition coefficient (Wildman–Crippen LogP) is 2.00. The van der Waals surface area contributed by atoms with Crippen molar-refractivity contribution in [3.8, 4) is 11.5 Å². The van der Waals surface area contributed by atoms with E-state index in [1.165, 1.54) is 48.7 Å². The van der Waals surface area contributed by atoms with E-state index < -0.39 is 11.7 Å². The number of nitrogens with one attached hydrogen (secondary N) is 1. The van der Waals surface area contributed by atoms with Crippen molar-refractivity contribution < 1.29 is 19.4 Å². The number of hydrogen-bond donors (Lipinski definition) is 3. The van der Waals surface area contributed by atoms with Gasteiger partial charge in [-0.2, -0.15) is 5.10 Å². The number of benzene rings is 2. The van der Waals surface area contributed by atoms with E-state index in [0.717, 1.165) is 0 Å². The van der Waals surface area contributed by atoms with Gasteiger partial charge in [-0.3, -0.25) is 4.79 Å². The molecule has 2 aromatic carbocycles. The van der Waals surface area contributed by atoms with Gasteiger partial charge in [0.2, 0.25) is 0 Å². The molecule has 0 aliphatic heterocycles. The van der Waals surface area contributed by atoms with Crippen LogP contribution in [0.25, 0.3) is 0 Å². The van der Waals surface area contributed by atoms with E-state index in [-0.39, 0.29) is 22.6 Å². The van der Waals surface area contributed by atoms with Gasteiger partial charge in [-0.15, -0.1) is 0 Å². The number of carbonyl (C=O) groups excluding carboxylic acids is 1. The molecule has 0 saturated heterocycles. The lowest BCUT2D eigenvalue weighted by Gasteiger charge is -2.01. The van der Waals surface area contributed by atoms with Gasteiger partial charge in [-0.05, 0) is 42.5 Å². The molecule has 0 aromatic heterocycles. The minimum atomic E-state index is -0.513. The number of nitrogens with zero attached hydrogens (tertiary/aromatic N) is 1. The zero-order chi connectivity index (χ0) is 14.5. The van der Waals surface area contributed by atoms with Crippen molar-refractivity contribution in [1.82, 2.24) is 5.43 Å². The average molecular weight is 274 g/mol. The number of hydrazone groups is 1. The summed E-state index contributed by atoms with van der Waals surface area (Å²) < 4.78 is 12.7. The average Bonchev–Trinajstić information content (AvgIpc) is 2.43. The standard InChI is InChI=1S/C14H11FN2O3/c15-11-3-1-9(2-4-11)14(20)17-16-8-10-7-12(18)5-6-13(10)19/h1-8,18-19H,(H,17,20)/b16-8+. The SMILES string of the molecule is O=C(N/N=C/c1cc(O)ccc1O)c1ccc(F)cc1. The highest BCUT2D eigenvalue weighted by atomic mass is 19.1. The Hall–Kier alpha value is -2.89. The number of phenolic OH excluding ortho intramolecular Hbond substituents is 2. The molecule has 102 valence electrons. The predicted molar refractivity (Wildman–Crippen MR) is 71.2 cm³/mol. The zero-order valence-corrected chi connectivity index (χ0v) is 10.2. The van der Waals surface area contributed by atoms with Gasteiger partial charge in [0.05, 0.1) is 6.21 Å². The number of carbonyl (C=O) groups is 1. The molecule has 0 atom stereocenters. The van der Waals surface area contributed by atoms with Crippen LogP contribution in [0.1, 0.15) is 15.9 Å². The van der Waals surface area contributed by atoms with E-state index in [4.69, 9.17) is 0 Å². The van der Waals surface area contributed by atoms with E-state index in [0.29, 0.717) is 0 Å². The summed E-state index contributed by atoms with van der Waals surface area (Å²) in [5.74, 6) is -1.06. The maximum absolute atomic E-state index is 12.7. The van der Waals surface area contributed by atoms with Crippen molar-refractivity contribution in [3.63, 3.8) is 0 Å². The Morgan fingerprint density at radius 3 is 2.55 bits per heavy atom. The fourth-order valence-corrected chi connectivity index (χ4v) is 1.47. The quantitative estimate of drug-likeness (QED) is 0.455. The molecule has 5 nitrogen and oxygen atoms in total. The van der Waals surface area contributed by atoms with E-state index in [2.05, 4.69) is 10.5 Å². The maximum Gasteiger partial charge on any atom is 0.271 e. The van der Waals surface area contributed by atoms with Crippen molar-refractivity contribution in [1.29, 1.82) is 0 Å². The number of hydrogen-bond acceptors (Lipinski definition) is 4. The van der Waals surface area contributed by atoms with E-state index in [9.17, 15) is 19.4 Å². The largest absolute Gasteiger partial charge is 0.508 e. The third-order valence-electron chi connectivity index (χ3n) is 2.49. The second kappa shape index (κ2) is 5.83. The van der Waals surface area contributed by atoms with Crippen LogP contribution >= 0.6 is 0 Å². The van der Waals surface area contributed by atoms with Gasteiger partial charge in [-0.1, -0.05) is 0 Å². The highest BCUT2D eigenvalue weighted by Crippen LogP contribution is 2.19. The molecule has 0 aliphatic rings. The van der Waals surface area contributed by atoms with Gasteiger partial charge in [0, 0.05) is 11.1 Å². The lowest BCUT2D eigenvalue weighted by atomic mass is 10.2. The fraction of sp³-hybridized carbons (Fsp3) is 0. The molecule has 0 heterocycles. The minimum absolute atomic E-state index is 0.0332. The fourth-order valence-electron chi connectivity index (χ4n) is 1.47. The highest BCUT2D eigenvalue weighted by Gasteiger charge is 2.04. The molecule has 6 heteroatoms. The third kappa shape index (κ3) is 3.32. The summed E-state index contributed by atoms with van der Waals surface area (Å²) in [5, 5.41) is 22.4. The van der Waals surface area contributed by atoms with Crippen molar-refractivity contribution in [2.24, 2.45) is 5.10 Å². The summed E-state index contributed by atoms with van der Waals surface area (Å²) >= 11 is 0. The normalized spacial score (nSPS) is 10.7.